The summed E-state index contributed by atoms with van der Waals surface area (Å²) in [4.78, 5) is 25.9. The molecule has 120 valence electrons. The van der Waals surface area contributed by atoms with E-state index in [4.69, 9.17) is 0 Å². The molecule has 22 heavy (non-hydrogen) atoms. The number of fused-ring (bicyclic) bond motifs is 1. The molecule has 1 aromatic carbocycles. The van der Waals surface area contributed by atoms with E-state index in [1.807, 2.05) is 11.0 Å². The van der Waals surface area contributed by atoms with Gasteiger partial charge in [0.05, 0.1) is 0 Å². The summed E-state index contributed by atoms with van der Waals surface area (Å²) in [5.74, 6) is 0.189. The number of aryl methyl sites for hydroxylation is 1. The van der Waals surface area contributed by atoms with Crippen LogP contribution in [0.1, 0.15) is 57.7 Å². The predicted molar refractivity (Wildman–Crippen MR) is 88.8 cm³/mol. The van der Waals surface area contributed by atoms with E-state index in [0.29, 0.717) is 12.5 Å². The van der Waals surface area contributed by atoms with Gasteiger partial charge in [0.2, 0.25) is 5.91 Å². The van der Waals surface area contributed by atoms with Gasteiger partial charge < -0.3 is 10.2 Å². The zero-order chi connectivity index (χ0) is 16.3. The number of hydrogen-bond donors (Lipinski definition) is 1. The predicted octanol–water partition coefficient (Wildman–Crippen LogP) is 3.21. The van der Waals surface area contributed by atoms with E-state index in [0.717, 1.165) is 30.5 Å². The van der Waals surface area contributed by atoms with Gasteiger partial charge in [-0.3, -0.25) is 9.59 Å². The molecule has 1 heterocycles. The van der Waals surface area contributed by atoms with E-state index < -0.39 is 6.04 Å². The highest BCUT2D eigenvalue weighted by atomic mass is 16.2. The Kier molecular flexibility index (Phi) is 5.22. The molecule has 0 bridgehead atoms. The minimum atomic E-state index is -0.534. The number of amides is 2. The van der Waals surface area contributed by atoms with Gasteiger partial charge in [0, 0.05) is 24.7 Å². The first-order chi connectivity index (χ1) is 10.4. The molecular weight excluding hydrogens is 276 g/mol. The van der Waals surface area contributed by atoms with Crippen LogP contribution in [-0.4, -0.2) is 18.4 Å². The van der Waals surface area contributed by atoms with Crippen LogP contribution in [0.4, 0.5) is 5.69 Å². The normalized spacial score (nSPS) is 17.0. The maximum absolute atomic E-state index is 12.7. The van der Waals surface area contributed by atoms with Crippen molar-refractivity contribution in [2.75, 3.05) is 11.4 Å². The van der Waals surface area contributed by atoms with Crippen LogP contribution in [0.15, 0.2) is 18.2 Å². The van der Waals surface area contributed by atoms with Gasteiger partial charge in [-0.1, -0.05) is 39.3 Å². The second-order valence-corrected chi connectivity index (χ2v) is 6.47. The van der Waals surface area contributed by atoms with Crippen molar-refractivity contribution in [3.05, 3.63) is 29.3 Å². The number of benzene rings is 1. The van der Waals surface area contributed by atoms with Crippen molar-refractivity contribution in [2.24, 2.45) is 5.92 Å². The highest BCUT2D eigenvalue weighted by Gasteiger charge is 2.37. The Hall–Kier alpha value is -1.84. The largest absolute Gasteiger partial charge is 0.341 e. The molecule has 1 aliphatic heterocycles. The average Bonchev–Trinajstić information content (AvgIpc) is 2.69. The Morgan fingerprint density at radius 3 is 2.68 bits per heavy atom. The molecule has 4 nitrogen and oxygen atoms in total. The van der Waals surface area contributed by atoms with Crippen LogP contribution < -0.4 is 10.2 Å². The first kappa shape index (κ1) is 16.5. The van der Waals surface area contributed by atoms with Crippen LogP contribution in [0.5, 0.6) is 0 Å². The number of hydrogen-bond acceptors (Lipinski definition) is 2. The Bertz CT molecular complexity index is 566. The zero-order valence-corrected chi connectivity index (χ0v) is 14.0. The fraction of sp³-hybridized carbons (Fsp3) is 0.556. The van der Waals surface area contributed by atoms with E-state index in [1.165, 1.54) is 12.5 Å². The molecule has 0 saturated heterocycles. The lowest BCUT2D eigenvalue weighted by molar-refractivity contribution is -0.126. The zero-order valence-electron chi connectivity index (χ0n) is 14.0. The molecule has 2 rings (SSSR count). The van der Waals surface area contributed by atoms with Crippen molar-refractivity contribution >= 4 is 17.5 Å². The van der Waals surface area contributed by atoms with E-state index in [1.54, 1.807) is 0 Å². The first-order valence-corrected chi connectivity index (χ1v) is 8.15. The summed E-state index contributed by atoms with van der Waals surface area (Å²) in [5, 5.41) is 2.80. The molecule has 0 fully saturated rings. The Labute approximate surface area is 132 Å². The van der Waals surface area contributed by atoms with Crippen molar-refractivity contribution in [2.45, 2.75) is 53.0 Å². The van der Waals surface area contributed by atoms with Crippen LogP contribution in [0.2, 0.25) is 0 Å². The topological polar surface area (TPSA) is 49.4 Å². The van der Waals surface area contributed by atoms with Crippen LogP contribution in [0.25, 0.3) is 0 Å². The highest BCUT2D eigenvalue weighted by molar-refractivity contribution is 6.06. The second kappa shape index (κ2) is 6.95. The molecule has 1 unspecified atom stereocenters. The van der Waals surface area contributed by atoms with Crippen molar-refractivity contribution in [1.29, 1.82) is 0 Å². The summed E-state index contributed by atoms with van der Waals surface area (Å²) in [6, 6.07) is 5.69. The lowest BCUT2D eigenvalue weighted by atomic mass is 10.0. The van der Waals surface area contributed by atoms with Gasteiger partial charge in [0.25, 0.3) is 5.91 Å². The van der Waals surface area contributed by atoms with Crippen molar-refractivity contribution in [1.82, 2.24) is 5.32 Å². The fourth-order valence-corrected chi connectivity index (χ4v) is 2.92. The molecule has 0 radical (unpaired) electrons. The number of rotatable bonds is 6. The molecule has 0 aromatic heterocycles. The molecule has 0 spiro atoms. The van der Waals surface area contributed by atoms with Gasteiger partial charge >= 0.3 is 0 Å². The molecule has 1 N–H and O–H groups in total. The molecule has 1 atom stereocenters. The third kappa shape index (κ3) is 3.49. The Balaban J connectivity index is 2.36. The summed E-state index contributed by atoms with van der Waals surface area (Å²) >= 11 is 0. The number of carbonyl (C=O) groups is 2. The SMILES string of the molecule is CCCCc1ccc2c(c1)C(NC(C)=O)C(=O)N2CC(C)C. The summed E-state index contributed by atoms with van der Waals surface area (Å²) < 4.78 is 0. The van der Waals surface area contributed by atoms with Crippen LogP contribution >= 0.6 is 0 Å². The average molecular weight is 302 g/mol. The highest BCUT2D eigenvalue weighted by Crippen LogP contribution is 2.37. The number of nitrogens with one attached hydrogen (secondary N) is 1. The van der Waals surface area contributed by atoms with Gasteiger partial charge in [-0.2, -0.15) is 0 Å². The van der Waals surface area contributed by atoms with Crippen LogP contribution in [-0.2, 0) is 16.0 Å². The number of unbranched alkanes of at least 4 members (excludes halogenated alkanes) is 1. The third-order valence-electron chi connectivity index (χ3n) is 3.92. The third-order valence-corrected chi connectivity index (χ3v) is 3.92. The summed E-state index contributed by atoms with van der Waals surface area (Å²) in [6.07, 6.45) is 3.28. The van der Waals surface area contributed by atoms with Crippen molar-refractivity contribution < 1.29 is 9.59 Å². The van der Waals surface area contributed by atoms with Crippen molar-refractivity contribution in [3.8, 4) is 0 Å². The Morgan fingerprint density at radius 1 is 1.36 bits per heavy atom. The number of anilines is 1. The molecule has 2 amide bonds. The number of nitrogens with zero attached hydrogens (tertiary/aromatic N) is 1. The fourth-order valence-electron chi connectivity index (χ4n) is 2.92. The van der Waals surface area contributed by atoms with Gasteiger partial charge in [0.15, 0.2) is 0 Å². The summed E-state index contributed by atoms with van der Waals surface area (Å²) in [6.45, 7) is 8.49. The van der Waals surface area contributed by atoms with Gasteiger partial charge in [-0.25, -0.2) is 0 Å². The smallest absolute Gasteiger partial charge is 0.254 e. The molecule has 1 aromatic rings. The summed E-state index contributed by atoms with van der Waals surface area (Å²) in [5.41, 5.74) is 3.11. The Morgan fingerprint density at radius 2 is 2.09 bits per heavy atom. The molecule has 0 aliphatic carbocycles. The second-order valence-electron chi connectivity index (χ2n) is 6.47. The monoisotopic (exact) mass is 302 g/mol. The van der Waals surface area contributed by atoms with E-state index in [-0.39, 0.29) is 11.8 Å². The molecule has 1 aliphatic rings. The lowest BCUT2D eigenvalue weighted by Crippen LogP contribution is -2.38. The quantitative estimate of drug-likeness (QED) is 0.877. The minimum Gasteiger partial charge on any atom is -0.341 e. The standard InChI is InChI=1S/C18H26N2O2/c1-5-6-7-14-8-9-16-15(10-14)17(19-13(4)21)18(22)20(16)11-12(2)3/h8-10,12,17H,5-7,11H2,1-4H3,(H,19,21). The maximum Gasteiger partial charge on any atom is 0.254 e. The first-order valence-electron chi connectivity index (χ1n) is 8.15. The van der Waals surface area contributed by atoms with Gasteiger partial charge in [-0.05, 0) is 30.4 Å². The maximum atomic E-state index is 12.7. The molecule has 4 heteroatoms. The summed E-state index contributed by atoms with van der Waals surface area (Å²) in [7, 11) is 0. The van der Waals surface area contributed by atoms with Gasteiger partial charge in [0.1, 0.15) is 6.04 Å². The lowest BCUT2D eigenvalue weighted by Gasteiger charge is -2.20. The van der Waals surface area contributed by atoms with Crippen LogP contribution in [0.3, 0.4) is 0 Å². The minimum absolute atomic E-state index is 0.0217. The molecule has 0 saturated carbocycles. The van der Waals surface area contributed by atoms with Gasteiger partial charge in [-0.15, -0.1) is 0 Å². The number of carbonyl (C=O) groups excluding carboxylic acids is 2. The van der Waals surface area contributed by atoms with E-state index >= 15 is 0 Å². The molecular formula is C18H26N2O2. The van der Waals surface area contributed by atoms with Crippen molar-refractivity contribution in [3.63, 3.8) is 0 Å². The van der Waals surface area contributed by atoms with E-state index in [9.17, 15) is 9.59 Å². The van der Waals surface area contributed by atoms with Crippen LogP contribution in [0, 0.1) is 5.92 Å². The van der Waals surface area contributed by atoms with E-state index in [2.05, 4.69) is 38.2 Å².